The van der Waals surface area contributed by atoms with E-state index in [4.69, 9.17) is 4.42 Å². The summed E-state index contributed by atoms with van der Waals surface area (Å²) in [6, 6.07) is 76.9. The molecule has 2 heteroatoms. The Labute approximate surface area is 345 Å². The van der Waals surface area contributed by atoms with Crippen LogP contribution in [0.4, 0.5) is 17.1 Å². The number of anilines is 3. The van der Waals surface area contributed by atoms with E-state index in [9.17, 15) is 0 Å². The minimum atomic E-state index is -0.104. The molecule has 1 aliphatic carbocycles. The van der Waals surface area contributed by atoms with E-state index in [0.29, 0.717) is 0 Å². The number of hydrogen-bond acceptors (Lipinski definition) is 2. The molecule has 0 spiro atoms. The van der Waals surface area contributed by atoms with Crippen molar-refractivity contribution in [3.05, 3.63) is 223 Å². The maximum absolute atomic E-state index is 6.69. The molecule has 1 heterocycles. The molecular formula is C57H41NO. The Hall–Kier alpha value is -7.42. The number of furan rings is 1. The molecule has 280 valence electrons. The van der Waals surface area contributed by atoms with Crippen molar-refractivity contribution >= 4 is 39.0 Å². The molecule has 0 N–H and O–H groups in total. The van der Waals surface area contributed by atoms with Gasteiger partial charge < -0.3 is 9.32 Å². The summed E-state index contributed by atoms with van der Waals surface area (Å²) in [4.78, 5) is 2.47. The first-order valence-corrected chi connectivity index (χ1v) is 20.4. The molecule has 11 rings (SSSR count). The van der Waals surface area contributed by atoms with Crippen LogP contribution in [0.25, 0.3) is 77.6 Å². The predicted molar refractivity (Wildman–Crippen MR) is 248 cm³/mol. The molecule has 0 saturated heterocycles. The zero-order valence-corrected chi connectivity index (χ0v) is 33.1. The average Bonchev–Trinajstić information content (AvgIpc) is 3.79. The Balaban J connectivity index is 1.17. The summed E-state index contributed by atoms with van der Waals surface area (Å²) in [6.45, 7) is 4.69. The van der Waals surface area contributed by atoms with Gasteiger partial charge in [-0.2, -0.15) is 0 Å². The third-order valence-electron chi connectivity index (χ3n) is 12.3. The molecule has 59 heavy (non-hydrogen) atoms. The van der Waals surface area contributed by atoms with E-state index < -0.39 is 0 Å². The summed E-state index contributed by atoms with van der Waals surface area (Å²) in [5.41, 5.74) is 19.5. The Kier molecular flexibility index (Phi) is 8.20. The van der Waals surface area contributed by atoms with E-state index >= 15 is 0 Å². The van der Waals surface area contributed by atoms with Crippen molar-refractivity contribution in [3.63, 3.8) is 0 Å². The number of fused-ring (bicyclic) bond motifs is 6. The second kappa shape index (κ2) is 13.9. The van der Waals surface area contributed by atoms with Crippen LogP contribution in [0.5, 0.6) is 0 Å². The summed E-state index contributed by atoms with van der Waals surface area (Å²) in [7, 11) is 0. The molecule has 0 aliphatic heterocycles. The van der Waals surface area contributed by atoms with Crippen LogP contribution in [0.15, 0.2) is 217 Å². The number of rotatable bonds is 7. The topological polar surface area (TPSA) is 16.4 Å². The minimum absolute atomic E-state index is 0.104. The van der Waals surface area contributed by atoms with Crippen molar-refractivity contribution in [1.82, 2.24) is 0 Å². The monoisotopic (exact) mass is 755 g/mol. The number of para-hydroxylation sites is 4. The maximum Gasteiger partial charge on any atom is 0.143 e. The zero-order valence-electron chi connectivity index (χ0n) is 33.1. The molecule has 0 atom stereocenters. The minimum Gasteiger partial charge on any atom is -0.455 e. The smallest absolute Gasteiger partial charge is 0.143 e. The van der Waals surface area contributed by atoms with Crippen LogP contribution < -0.4 is 4.90 Å². The second-order valence-electron chi connectivity index (χ2n) is 16.0. The first-order chi connectivity index (χ1) is 29.1. The highest BCUT2D eigenvalue weighted by Crippen LogP contribution is 2.53. The Morgan fingerprint density at radius 2 is 0.847 bits per heavy atom. The van der Waals surface area contributed by atoms with E-state index in [2.05, 4.69) is 225 Å². The molecule has 9 aromatic carbocycles. The van der Waals surface area contributed by atoms with Crippen molar-refractivity contribution in [2.24, 2.45) is 0 Å². The fourth-order valence-electron chi connectivity index (χ4n) is 9.55. The standard InChI is InChI=1S/C57H41NO/c1-57(2)51-31-14-10-25-44(51)50-37-39(35-36-52(50)57)58(54-33-16-12-27-46(54)48-29-18-30-49-47-28-13-17-34-55(47)59-56(48)49)53-32-15-11-26-45(53)43-24-9-8-23-42(43)41-22-7-6-21-40(41)38-19-4-3-5-20-38/h3-37H,1-2H3. The lowest BCUT2D eigenvalue weighted by Gasteiger charge is -2.31. The molecule has 0 unspecified atom stereocenters. The zero-order chi connectivity index (χ0) is 39.5. The number of benzene rings is 9. The summed E-state index contributed by atoms with van der Waals surface area (Å²) in [6.07, 6.45) is 0. The van der Waals surface area contributed by atoms with Gasteiger partial charge in [0.15, 0.2) is 0 Å². The molecule has 0 radical (unpaired) electrons. The fraction of sp³-hybridized carbons (Fsp3) is 0.0526. The fourth-order valence-corrected chi connectivity index (χ4v) is 9.55. The quantitative estimate of drug-likeness (QED) is 0.161. The van der Waals surface area contributed by atoms with Crippen LogP contribution in [0, 0.1) is 0 Å². The lowest BCUT2D eigenvalue weighted by Crippen LogP contribution is -2.16. The van der Waals surface area contributed by atoms with Crippen molar-refractivity contribution in [1.29, 1.82) is 0 Å². The summed E-state index contributed by atoms with van der Waals surface area (Å²) < 4.78 is 6.69. The summed E-state index contributed by atoms with van der Waals surface area (Å²) in [5, 5.41) is 2.23. The number of nitrogens with zero attached hydrogens (tertiary/aromatic N) is 1. The van der Waals surface area contributed by atoms with Gasteiger partial charge in [0.05, 0.1) is 11.4 Å². The van der Waals surface area contributed by atoms with Gasteiger partial charge in [0.2, 0.25) is 0 Å². The highest BCUT2D eigenvalue weighted by molar-refractivity contribution is 6.11. The maximum atomic E-state index is 6.69. The van der Waals surface area contributed by atoms with Crippen molar-refractivity contribution in [2.45, 2.75) is 19.3 Å². The molecule has 0 fully saturated rings. The highest BCUT2D eigenvalue weighted by atomic mass is 16.3. The van der Waals surface area contributed by atoms with Gasteiger partial charge in [-0.25, -0.2) is 0 Å². The highest BCUT2D eigenvalue weighted by Gasteiger charge is 2.36. The van der Waals surface area contributed by atoms with E-state index in [1.165, 1.54) is 50.1 Å². The van der Waals surface area contributed by atoms with Gasteiger partial charge in [0, 0.05) is 38.6 Å². The van der Waals surface area contributed by atoms with Gasteiger partial charge in [-0.05, 0) is 80.4 Å². The second-order valence-corrected chi connectivity index (χ2v) is 16.0. The molecule has 1 aromatic heterocycles. The van der Waals surface area contributed by atoms with Crippen LogP contribution in [0.1, 0.15) is 25.0 Å². The van der Waals surface area contributed by atoms with Gasteiger partial charge >= 0.3 is 0 Å². The molecule has 0 amide bonds. The third kappa shape index (κ3) is 5.63. The van der Waals surface area contributed by atoms with Crippen LogP contribution in [0.3, 0.4) is 0 Å². The van der Waals surface area contributed by atoms with Gasteiger partial charge in [-0.3, -0.25) is 0 Å². The molecule has 2 nitrogen and oxygen atoms in total. The molecule has 10 aromatic rings. The molecule has 0 saturated carbocycles. The van der Waals surface area contributed by atoms with Gasteiger partial charge in [0.25, 0.3) is 0 Å². The predicted octanol–water partition coefficient (Wildman–Crippen LogP) is 16.0. The van der Waals surface area contributed by atoms with Crippen LogP contribution in [-0.4, -0.2) is 0 Å². The molecule has 0 bridgehead atoms. The van der Waals surface area contributed by atoms with Crippen molar-refractivity contribution < 1.29 is 4.42 Å². The summed E-state index contributed by atoms with van der Waals surface area (Å²) in [5.74, 6) is 0. The first-order valence-electron chi connectivity index (χ1n) is 20.4. The van der Waals surface area contributed by atoms with Crippen LogP contribution in [-0.2, 0) is 5.41 Å². The lowest BCUT2D eigenvalue weighted by atomic mass is 9.82. The van der Waals surface area contributed by atoms with Crippen molar-refractivity contribution in [3.8, 4) is 55.6 Å². The SMILES string of the molecule is CC1(C)c2ccccc2-c2cc(N(c3ccccc3-c3ccccc3-c3ccccc3-c3ccccc3)c3ccccc3-c3cccc4c3oc3ccccc34)ccc21. The number of hydrogen-bond donors (Lipinski definition) is 0. The average molecular weight is 756 g/mol. The Morgan fingerprint density at radius 3 is 1.58 bits per heavy atom. The van der Waals surface area contributed by atoms with E-state index in [1.54, 1.807) is 0 Å². The largest absolute Gasteiger partial charge is 0.455 e. The van der Waals surface area contributed by atoms with Gasteiger partial charge in [0.1, 0.15) is 11.2 Å². The van der Waals surface area contributed by atoms with E-state index in [1.807, 2.05) is 6.07 Å². The molecule has 1 aliphatic rings. The molecular weight excluding hydrogens is 715 g/mol. The van der Waals surface area contributed by atoms with Gasteiger partial charge in [-0.15, -0.1) is 0 Å². The first kappa shape index (κ1) is 34.8. The van der Waals surface area contributed by atoms with Gasteiger partial charge in [-0.1, -0.05) is 196 Å². The Morgan fingerprint density at radius 1 is 0.356 bits per heavy atom. The Bertz CT molecular complexity index is 3210. The van der Waals surface area contributed by atoms with E-state index in [-0.39, 0.29) is 5.41 Å². The van der Waals surface area contributed by atoms with E-state index in [0.717, 1.165) is 55.7 Å². The van der Waals surface area contributed by atoms with Crippen molar-refractivity contribution in [2.75, 3.05) is 4.90 Å². The normalized spacial score (nSPS) is 12.7. The van der Waals surface area contributed by atoms with Crippen LogP contribution >= 0.6 is 0 Å². The third-order valence-corrected chi connectivity index (χ3v) is 12.3. The summed E-state index contributed by atoms with van der Waals surface area (Å²) >= 11 is 0. The lowest BCUT2D eigenvalue weighted by molar-refractivity contribution is 0.660. The van der Waals surface area contributed by atoms with Crippen LogP contribution in [0.2, 0.25) is 0 Å².